The summed E-state index contributed by atoms with van der Waals surface area (Å²) >= 11 is 0. The number of pyridine rings is 1. The standard InChI is InChI=1S/C19H19N3O4S/c23-19-4-1-16-13-17(2-3-18(16)26-19)27(24,25)22-11-9-21(10-12-22)14-15-5-7-20-8-6-15/h1-8,13H,9-12,14H2. The van der Waals surface area contributed by atoms with Crippen molar-refractivity contribution in [2.75, 3.05) is 26.2 Å². The lowest BCUT2D eigenvalue weighted by molar-refractivity contribution is 0.181. The number of sulfonamides is 1. The van der Waals surface area contributed by atoms with Gasteiger partial charge in [0, 0.05) is 56.6 Å². The van der Waals surface area contributed by atoms with Gasteiger partial charge in [-0.3, -0.25) is 9.88 Å². The third-order valence-corrected chi connectivity index (χ3v) is 6.61. The van der Waals surface area contributed by atoms with Gasteiger partial charge in [0.25, 0.3) is 0 Å². The molecule has 8 heteroatoms. The van der Waals surface area contributed by atoms with Gasteiger partial charge in [-0.2, -0.15) is 4.31 Å². The van der Waals surface area contributed by atoms with E-state index in [0.717, 1.165) is 12.1 Å². The average molecular weight is 385 g/mol. The zero-order valence-corrected chi connectivity index (χ0v) is 15.4. The number of nitrogens with zero attached hydrogens (tertiary/aromatic N) is 3. The van der Waals surface area contributed by atoms with Crippen molar-refractivity contribution in [3.05, 3.63) is 70.8 Å². The van der Waals surface area contributed by atoms with Crippen LogP contribution >= 0.6 is 0 Å². The van der Waals surface area contributed by atoms with Gasteiger partial charge in [0.1, 0.15) is 5.58 Å². The minimum atomic E-state index is -3.58. The normalized spacial score (nSPS) is 16.6. The molecule has 0 unspecified atom stereocenters. The van der Waals surface area contributed by atoms with Crippen LogP contribution in [-0.4, -0.2) is 48.8 Å². The number of aromatic nitrogens is 1. The van der Waals surface area contributed by atoms with Gasteiger partial charge in [-0.25, -0.2) is 13.2 Å². The van der Waals surface area contributed by atoms with Gasteiger partial charge >= 0.3 is 5.63 Å². The van der Waals surface area contributed by atoms with E-state index in [2.05, 4.69) is 9.88 Å². The van der Waals surface area contributed by atoms with Crippen molar-refractivity contribution in [3.8, 4) is 0 Å². The summed E-state index contributed by atoms with van der Waals surface area (Å²) < 4.78 is 32.5. The maximum atomic E-state index is 13.0. The first kappa shape index (κ1) is 17.8. The van der Waals surface area contributed by atoms with Crippen molar-refractivity contribution in [2.24, 2.45) is 0 Å². The molecule has 1 aromatic carbocycles. The molecule has 3 heterocycles. The quantitative estimate of drug-likeness (QED) is 0.636. The molecule has 1 aliphatic heterocycles. The first-order valence-corrected chi connectivity index (χ1v) is 10.1. The molecular weight excluding hydrogens is 366 g/mol. The van der Waals surface area contributed by atoms with Crippen LogP contribution in [0.1, 0.15) is 5.56 Å². The van der Waals surface area contributed by atoms with Gasteiger partial charge in [-0.1, -0.05) is 0 Å². The Hall–Kier alpha value is -2.55. The molecule has 1 fully saturated rings. The van der Waals surface area contributed by atoms with Gasteiger partial charge < -0.3 is 4.42 Å². The third-order valence-electron chi connectivity index (χ3n) is 4.72. The fourth-order valence-electron chi connectivity index (χ4n) is 3.23. The second-order valence-electron chi connectivity index (χ2n) is 6.49. The smallest absolute Gasteiger partial charge is 0.336 e. The molecule has 0 saturated carbocycles. The van der Waals surface area contributed by atoms with Crippen LogP contribution in [0.3, 0.4) is 0 Å². The van der Waals surface area contributed by atoms with E-state index in [9.17, 15) is 13.2 Å². The van der Waals surface area contributed by atoms with Gasteiger partial charge in [-0.15, -0.1) is 0 Å². The highest BCUT2D eigenvalue weighted by molar-refractivity contribution is 7.89. The highest BCUT2D eigenvalue weighted by atomic mass is 32.2. The molecule has 27 heavy (non-hydrogen) atoms. The van der Waals surface area contributed by atoms with Crippen molar-refractivity contribution in [1.29, 1.82) is 0 Å². The summed E-state index contributed by atoms with van der Waals surface area (Å²) in [6.45, 7) is 3.00. The SMILES string of the molecule is O=c1ccc2cc(S(=O)(=O)N3CCN(Cc4ccncc4)CC3)ccc2o1. The monoisotopic (exact) mass is 385 g/mol. The molecule has 1 saturated heterocycles. The summed E-state index contributed by atoms with van der Waals surface area (Å²) in [6.07, 6.45) is 3.52. The second-order valence-corrected chi connectivity index (χ2v) is 8.43. The Morgan fingerprint density at radius 2 is 1.70 bits per heavy atom. The fourth-order valence-corrected chi connectivity index (χ4v) is 4.69. The Bertz CT molecular complexity index is 1100. The lowest BCUT2D eigenvalue weighted by Crippen LogP contribution is -2.48. The van der Waals surface area contributed by atoms with Crippen LogP contribution in [0.4, 0.5) is 0 Å². The Kier molecular flexibility index (Phi) is 4.77. The van der Waals surface area contributed by atoms with E-state index in [0.29, 0.717) is 37.1 Å². The predicted octanol–water partition coefficient (Wildman–Crippen LogP) is 1.69. The Balaban J connectivity index is 1.48. The summed E-state index contributed by atoms with van der Waals surface area (Å²) in [5, 5.41) is 0.590. The molecule has 0 radical (unpaired) electrons. The molecule has 0 aliphatic carbocycles. The molecular formula is C19H19N3O4S. The Labute approximate surface area is 156 Å². The molecule has 3 aromatic rings. The molecule has 0 amide bonds. The largest absolute Gasteiger partial charge is 0.423 e. The fraction of sp³-hybridized carbons (Fsp3) is 0.263. The second kappa shape index (κ2) is 7.22. The summed E-state index contributed by atoms with van der Waals surface area (Å²) in [5.41, 5.74) is 1.09. The first-order valence-electron chi connectivity index (χ1n) is 8.68. The summed E-state index contributed by atoms with van der Waals surface area (Å²) in [4.78, 5) is 17.7. The zero-order valence-electron chi connectivity index (χ0n) is 14.6. The van der Waals surface area contributed by atoms with Crippen LogP contribution in [0.5, 0.6) is 0 Å². The van der Waals surface area contributed by atoms with E-state index in [-0.39, 0.29) is 4.90 Å². The van der Waals surface area contributed by atoms with Crippen LogP contribution < -0.4 is 5.63 Å². The Morgan fingerprint density at radius 3 is 2.44 bits per heavy atom. The van der Waals surface area contributed by atoms with E-state index in [1.54, 1.807) is 24.5 Å². The molecule has 0 bridgehead atoms. The van der Waals surface area contributed by atoms with Crippen molar-refractivity contribution in [1.82, 2.24) is 14.2 Å². The number of hydrogen-bond acceptors (Lipinski definition) is 6. The lowest BCUT2D eigenvalue weighted by Gasteiger charge is -2.34. The van der Waals surface area contributed by atoms with Gasteiger partial charge in [-0.05, 0) is 42.0 Å². The molecule has 0 spiro atoms. The predicted molar refractivity (Wildman–Crippen MR) is 101 cm³/mol. The van der Waals surface area contributed by atoms with E-state index in [1.807, 2.05) is 12.1 Å². The Morgan fingerprint density at radius 1 is 0.963 bits per heavy atom. The molecule has 0 atom stereocenters. The van der Waals surface area contributed by atoms with Crippen LogP contribution in [-0.2, 0) is 16.6 Å². The maximum absolute atomic E-state index is 13.0. The van der Waals surface area contributed by atoms with Gasteiger partial charge in [0.15, 0.2) is 0 Å². The molecule has 2 aromatic heterocycles. The molecule has 140 valence electrons. The number of rotatable bonds is 4. The highest BCUT2D eigenvalue weighted by Crippen LogP contribution is 2.22. The number of benzene rings is 1. The summed E-state index contributed by atoms with van der Waals surface area (Å²) in [7, 11) is -3.58. The van der Waals surface area contributed by atoms with Crippen molar-refractivity contribution in [2.45, 2.75) is 11.4 Å². The maximum Gasteiger partial charge on any atom is 0.336 e. The van der Waals surface area contributed by atoms with Gasteiger partial charge in [0.2, 0.25) is 10.0 Å². The lowest BCUT2D eigenvalue weighted by atomic mass is 10.2. The van der Waals surface area contributed by atoms with Crippen LogP contribution in [0.2, 0.25) is 0 Å². The summed E-state index contributed by atoms with van der Waals surface area (Å²) in [5.74, 6) is 0. The van der Waals surface area contributed by atoms with E-state index < -0.39 is 15.6 Å². The van der Waals surface area contributed by atoms with E-state index in [1.165, 1.54) is 22.5 Å². The minimum Gasteiger partial charge on any atom is -0.423 e. The molecule has 1 aliphatic rings. The van der Waals surface area contributed by atoms with Crippen LogP contribution in [0.15, 0.2) is 69.0 Å². The van der Waals surface area contributed by atoms with Crippen molar-refractivity contribution in [3.63, 3.8) is 0 Å². The van der Waals surface area contributed by atoms with Crippen LogP contribution in [0.25, 0.3) is 11.0 Å². The van der Waals surface area contributed by atoms with Crippen LogP contribution in [0, 0.1) is 0 Å². The minimum absolute atomic E-state index is 0.214. The molecule has 0 N–H and O–H groups in total. The highest BCUT2D eigenvalue weighted by Gasteiger charge is 2.28. The van der Waals surface area contributed by atoms with Crippen molar-refractivity contribution < 1.29 is 12.8 Å². The number of fused-ring (bicyclic) bond motifs is 1. The summed E-state index contributed by atoms with van der Waals surface area (Å²) in [6, 6.07) is 11.4. The third kappa shape index (κ3) is 3.78. The van der Waals surface area contributed by atoms with E-state index >= 15 is 0 Å². The zero-order chi connectivity index (χ0) is 18.9. The number of hydrogen-bond donors (Lipinski definition) is 0. The average Bonchev–Trinajstić information content (AvgIpc) is 2.69. The van der Waals surface area contributed by atoms with Crippen molar-refractivity contribution >= 4 is 21.0 Å². The molecule has 7 nitrogen and oxygen atoms in total. The van der Waals surface area contributed by atoms with Gasteiger partial charge in [0.05, 0.1) is 4.90 Å². The molecule has 4 rings (SSSR count). The number of piperazine rings is 1. The topological polar surface area (TPSA) is 83.7 Å². The first-order chi connectivity index (χ1) is 13.0. The van der Waals surface area contributed by atoms with E-state index in [4.69, 9.17) is 4.42 Å².